The maximum Gasteiger partial charge on any atom is 0.326 e. The quantitative estimate of drug-likeness (QED) is 0.00992. The number of rotatable bonds is 31. The highest BCUT2D eigenvalue weighted by Gasteiger charge is 2.41. The Morgan fingerprint density at radius 1 is 0.690 bits per heavy atom. The molecule has 8 atom stereocenters. The summed E-state index contributed by atoms with van der Waals surface area (Å²) in [5.74, 6) is -7.00. The van der Waals surface area contributed by atoms with Gasteiger partial charge in [0, 0.05) is 65.4 Å². The summed E-state index contributed by atoms with van der Waals surface area (Å²) in [6, 6.07) is 22.4. The number of carboxylic acid groups (broad SMARTS) is 1. The van der Waals surface area contributed by atoms with Gasteiger partial charge in [0.2, 0.25) is 41.4 Å². The number of halogens is 1. The molecule has 1 aliphatic rings. The molecule has 0 unspecified atom stereocenters. The topological polar surface area (TPSA) is 354 Å². The molecule has 0 bridgehead atoms. The number of nitrogens with two attached hydrogens (primary N) is 2. The van der Waals surface area contributed by atoms with Crippen molar-refractivity contribution in [2.75, 3.05) is 26.7 Å². The number of guanidine groups is 1. The molecule has 13 N–H and O–H groups in total. The number of aliphatic imine (C=N–C) groups is 1. The zero-order chi connectivity index (χ0) is 60.7. The van der Waals surface area contributed by atoms with E-state index in [9.17, 15) is 48.3 Å². The van der Waals surface area contributed by atoms with Gasteiger partial charge < -0.3 is 63.7 Å². The molecule has 23 nitrogen and oxygen atoms in total. The number of carboxylic acids is 1. The van der Waals surface area contributed by atoms with Crippen molar-refractivity contribution in [1.29, 1.82) is 0 Å². The van der Waals surface area contributed by atoms with E-state index in [1.807, 2.05) is 19.1 Å². The van der Waals surface area contributed by atoms with E-state index in [1.165, 1.54) is 17.4 Å². The van der Waals surface area contributed by atoms with Crippen molar-refractivity contribution in [2.45, 2.75) is 114 Å². The van der Waals surface area contributed by atoms with Crippen LogP contribution in [0.4, 0.5) is 0 Å². The average Bonchev–Trinajstić information content (AvgIpc) is 4.14. The molecule has 6 rings (SSSR count). The zero-order valence-electron chi connectivity index (χ0n) is 47.1. The Kier molecular flexibility index (Phi) is 24.9. The third-order valence-corrected chi connectivity index (χ3v) is 15.1. The van der Waals surface area contributed by atoms with Gasteiger partial charge >= 0.3 is 5.97 Å². The number of aliphatic carboxylic acids is 1. The summed E-state index contributed by atoms with van der Waals surface area (Å²) in [4.78, 5) is 139. The van der Waals surface area contributed by atoms with Gasteiger partial charge in [0.15, 0.2) is 11.7 Å². The van der Waals surface area contributed by atoms with Crippen LogP contribution in [0, 0.1) is 9.49 Å². The first kappa shape index (κ1) is 64.6. The lowest BCUT2D eigenvalue weighted by Crippen LogP contribution is -2.61. The number of aromatic amines is 1. The second kappa shape index (κ2) is 32.4. The van der Waals surface area contributed by atoms with E-state index in [-0.39, 0.29) is 76.3 Å². The fourth-order valence-electron chi connectivity index (χ4n) is 9.64. The maximum absolute atomic E-state index is 15.0. The third kappa shape index (κ3) is 19.6. The maximum atomic E-state index is 15.0. The molecular formula is C60H74IN13O10. The van der Waals surface area contributed by atoms with E-state index < -0.39 is 95.5 Å². The number of aromatic nitrogens is 2. The first-order chi connectivity index (χ1) is 40.3. The highest BCUT2D eigenvalue weighted by molar-refractivity contribution is 14.1. The number of benzene rings is 4. The molecule has 446 valence electrons. The molecule has 0 radical (unpaired) electrons. The summed E-state index contributed by atoms with van der Waals surface area (Å²) >= 11 is 2.14. The molecule has 24 heteroatoms. The van der Waals surface area contributed by atoms with Crippen LogP contribution in [-0.4, -0.2) is 148 Å². The van der Waals surface area contributed by atoms with Crippen LogP contribution in [0.1, 0.15) is 84.3 Å². The summed E-state index contributed by atoms with van der Waals surface area (Å²) in [5.41, 5.74) is 14.2. The molecule has 1 saturated heterocycles. The number of carbonyl (C=O) groups excluding carboxylic acids is 8. The van der Waals surface area contributed by atoms with Crippen LogP contribution >= 0.6 is 22.6 Å². The predicted octanol–water partition coefficient (Wildman–Crippen LogP) is 1.82. The van der Waals surface area contributed by atoms with Crippen molar-refractivity contribution >= 4 is 81.7 Å². The second-order valence-electron chi connectivity index (χ2n) is 20.6. The normalized spacial score (nSPS) is 15.3. The summed E-state index contributed by atoms with van der Waals surface area (Å²) in [6.07, 6.45) is 3.96. The Balaban J connectivity index is 1.27. The van der Waals surface area contributed by atoms with E-state index in [4.69, 9.17) is 11.5 Å². The van der Waals surface area contributed by atoms with E-state index >= 15 is 0 Å². The van der Waals surface area contributed by atoms with Crippen molar-refractivity contribution in [2.24, 2.45) is 22.4 Å². The highest BCUT2D eigenvalue weighted by Crippen LogP contribution is 2.22. The summed E-state index contributed by atoms with van der Waals surface area (Å²) in [7, 11) is 1.57. The number of ketones is 1. The Bertz CT molecular complexity index is 3060. The van der Waals surface area contributed by atoms with Crippen LogP contribution in [0.5, 0.6) is 0 Å². The lowest BCUT2D eigenvalue weighted by atomic mass is 9.96. The van der Waals surface area contributed by atoms with Crippen LogP contribution in [0.2, 0.25) is 0 Å². The molecule has 0 spiro atoms. The molecular weight excluding hydrogens is 1190 g/mol. The van der Waals surface area contributed by atoms with Gasteiger partial charge in [-0.25, -0.2) is 9.78 Å². The summed E-state index contributed by atoms with van der Waals surface area (Å²) in [6.45, 7) is 3.72. The van der Waals surface area contributed by atoms with E-state index in [1.54, 1.807) is 111 Å². The number of likely N-dealkylation sites (N-methyl/N-ethyl adjacent to an activating group) is 1. The largest absolute Gasteiger partial charge is 0.480 e. The number of hydrogen-bond acceptors (Lipinski definition) is 12. The van der Waals surface area contributed by atoms with E-state index in [0.717, 1.165) is 3.57 Å². The SMILES string of the molecule is CC[C@H](C)[C@H](NC(=O)[C@H](Cc1ccc(I)cc1)NC(=O)[C@H](Cc1ccc(C(=O)c2ccccc2)cc1)NC(=O)[C@H](CCCN=C(N)N)NC(=O)CNC)C(=O)N[C@@H](Cc1cnc[nH]1)C(=O)N1CCC[C@H]1C(=O)N[C@@H](Cc1ccccc1)C(=O)O. The Labute approximate surface area is 501 Å². The lowest BCUT2D eigenvalue weighted by Gasteiger charge is -2.32. The minimum Gasteiger partial charge on any atom is -0.480 e. The van der Waals surface area contributed by atoms with Crippen LogP contribution in [-0.2, 0) is 64.0 Å². The molecule has 84 heavy (non-hydrogen) atoms. The van der Waals surface area contributed by atoms with Gasteiger partial charge in [0.1, 0.15) is 42.3 Å². The molecule has 0 aliphatic carbocycles. The van der Waals surface area contributed by atoms with Gasteiger partial charge in [-0.1, -0.05) is 117 Å². The third-order valence-electron chi connectivity index (χ3n) is 14.4. The monoisotopic (exact) mass is 1260 g/mol. The Morgan fingerprint density at radius 2 is 1.25 bits per heavy atom. The molecule has 1 aromatic heterocycles. The number of imidazole rings is 1. The number of H-pyrrole nitrogens is 1. The van der Waals surface area contributed by atoms with Gasteiger partial charge in [0.25, 0.3) is 0 Å². The van der Waals surface area contributed by atoms with Crippen LogP contribution in [0.15, 0.2) is 127 Å². The molecule has 7 amide bonds. The number of nitrogens with zero attached hydrogens (tertiary/aromatic N) is 3. The second-order valence-corrected chi connectivity index (χ2v) is 21.9. The average molecular weight is 1260 g/mol. The standard InChI is InChI=1S/C60H74IN13O10/c1-4-36(2)51(57(81)71-47(32-43-33-65-35-67-43)58(82)74-28-12-18-49(74)56(80)72-48(59(83)84)31-37-13-7-5-8-14-37)73-55(79)46(30-39-21-25-42(61)26-22-39)70-54(78)45(29-38-19-23-41(24-20-38)52(76)40-15-9-6-10-16-40)69-53(77)44(68-50(75)34-64-3)17-11-27-66-60(62)63/h5-10,13-16,19-26,33,35-36,44-49,51,64H,4,11-12,17-18,27-32,34H2,1-3H3,(H,65,67)(H,68,75)(H,69,77)(H,70,78)(H,71,81)(H,72,80)(H,73,79)(H,83,84)(H4,62,63,66)/t36-,44-,45-,46-,47-,48-,49-,51-/m0/s1. The minimum absolute atomic E-state index is 0.00691. The number of likely N-dealkylation sites (tertiary alicyclic amines) is 1. The number of amides is 7. The summed E-state index contributed by atoms with van der Waals surface area (Å²) < 4.78 is 0.899. The fourth-order valence-corrected chi connectivity index (χ4v) is 10.00. The highest BCUT2D eigenvalue weighted by atomic mass is 127. The number of nitrogens with one attached hydrogen (secondary N) is 8. The first-order valence-corrected chi connectivity index (χ1v) is 28.9. The first-order valence-electron chi connectivity index (χ1n) is 27.8. The Hall–Kier alpha value is -8.52. The lowest BCUT2D eigenvalue weighted by molar-refractivity contribution is -0.145. The van der Waals surface area contributed by atoms with Gasteiger partial charge in [-0.3, -0.25) is 43.3 Å². The van der Waals surface area contributed by atoms with E-state index in [2.05, 4.69) is 74.8 Å². The van der Waals surface area contributed by atoms with Crippen molar-refractivity contribution in [3.05, 3.63) is 159 Å². The van der Waals surface area contributed by atoms with Crippen molar-refractivity contribution in [3.63, 3.8) is 0 Å². The number of hydrogen-bond donors (Lipinski definition) is 11. The zero-order valence-corrected chi connectivity index (χ0v) is 49.3. The van der Waals surface area contributed by atoms with Gasteiger partial charge in [-0.15, -0.1) is 0 Å². The van der Waals surface area contributed by atoms with Crippen LogP contribution < -0.4 is 48.7 Å². The van der Waals surface area contributed by atoms with Crippen molar-refractivity contribution < 1.29 is 48.3 Å². The number of carbonyl (C=O) groups is 9. The van der Waals surface area contributed by atoms with Crippen LogP contribution in [0.3, 0.4) is 0 Å². The Morgan fingerprint density at radius 3 is 1.83 bits per heavy atom. The molecule has 1 fully saturated rings. The fraction of sp³-hybridized carbons (Fsp3) is 0.383. The van der Waals surface area contributed by atoms with Gasteiger partial charge in [-0.05, 0) is 90.1 Å². The predicted molar refractivity (Wildman–Crippen MR) is 323 cm³/mol. The molecule has 2 heterocycles. The summed E-state index contributed by atoms with van der Waals surface area (Å²) in [5, 5.41) is 29.5. The van der Waals surface area contributed by atoms with Gasteiger partial charge in [-0.2, -0.15) is 0 Å². The van der Waals surface area contributed by atoms with Crippen molar-refractivity contribution in [3.8, 4) is 0 Å². The minimum atomic E-state index is -1.39. The molecule has 1 aliphatic heterocycles. The molecule has 4 aromatic carbocycles. The smallest absolute Gasteiger partial charge is 0.326 e. The molecule has 0 saturated carbocycles. The molecule has 5 aromatic rings. The van der Waals surface area contributed by atoms with E-state index in [0.29, 0.717) is 46.4 Å². The van der Waals surface area contributed by atoms with Crippen LogP contribution in [0.25, 0.3) is 0 Å². The van der Waals surface area contributed by atoms with Crippen molar-refractivity contribution in [1.82, 2.24) is 52.1 Å². The van der Waals surface area contributed by atoms with Gasteiger partial charge in [0.05, 0.1) is 12.9 Å².